The Balaban J connectivity index is 1.75. The van der Waals surface area contributed by atoms with Crippen molar-refractivity contribution >= 4 is 16.1 Å². The van der Waals surface area contributed by atoms with Crippen molar-refractivity contribution < 1.29 is 35.9 Å². The molecule has 1 amide bonds. The monoisotopic (exact) mass is 544 g/mol. The number of pyridine rings is 1. The molecule has 1 aromatic carbocycles. The topological polar surface area (TPSA) is 103 Å². The normalized spacial score (nSPS) is 22.8. The number of hydrogen-bond donors (Lipinski definition) is 2. The number of hydrogen-bond acceptors (Lipinski definition) is 5. The summed E-state index contributed by atoms with van der Waals surface area (Å²) in [5, 5.41) is 10.6. The molecule has 2 fully saturated rings. The van der Waals surface area contributed by atoms with E-state index >= 15 is 13.2 Å². The molecule has 0 spiro atoms. The molecule has 8 nitrogen and oxygen atoms in total. The van der Waals surface area contributed by atoms with Crippen LogP contribution in [0.4, 0.5) is 17.6 Å². The van der Waals surface area contributed by atoms with Gasteiger partial charge in [0.25, 0.3) is 22.0 Å². The Bertz CT molecular complexity index is 1320. The van der Waals surface area contributed by atoms with Gasteiger partial charge in [0.05, 0.1) is 24.0 Å². The fraction of sp³-hybridized carbons (Fsp3) is 0.500. The quantitative estimate of drug-likeness (QED) is 0.522. The Hall–Kier alpha value is -2.61. The molecule has 13 heteroatoms. The number of carbonyl (C=O) groups is 1. The van der Waals surface area contributed by atoms with Gasteiger partial charge >= 0.3 is 0 Å². The van der Waals surface area contributed by atoms with Crippen LogP contribution < -0.4 is 4.72 Å². The molecule has 37 heavy (non-hydrogen) atoms. The zero-order chi connectivity index (χ0) is 27.3. The van der Waals surface area contributed by atoms with Gasteiger partial charge in [-0.15, -0.1) is 0 Å². The summed E-state index contributed by atoms with van der Waals surface area (Å²) in [6.07, 6.45) is 0.245. The molecule has 202 valence electrons. The number of aliphatic hydroxyl groups is 1. The number of benzene rings is 1. The van der Waals surface area contributed by atoms with Crippen LogP contribution in [0.3, 0.4) is 0 Å². The number of nitrogens with one attached hydrogen (secondary N) is 1. The minimum absolute atomic E-state index is 0.00808. The predicted molar refractivity (Wildman–Crippen MR) is 127 cm³/mol. The molecular formula is C24H28F4N4O4S. The smallest absolute Gasteiger partial charge is 0.283 e. The Morgan fingerprint density at radius 3 is 2.46 bits per heavy atom. The van der Waals surface area contributed by atoms with Crippen molar-refractivity contribution in [3.63, 3.8) is 0 Å². The van der Waals surface area contributed by atoms with E-state index in [-0.39, 0.29) is 35.4 Å². The second kappa shape index (κ2) is 9.61. The van der Waals surface area contributed by atoms with E-state index in [4.69, 9.17) is 0 Å². The molecule has 0 radical (unpaired) electrons. The molecule has 2 aromatic rings. The summed E-state index contributed by atoms with van der Waals surface area (Å²) in [4.78, 5) is 17.9. The summed E-state index contributed by atoms with van der Waals surface area (Å²) in [5.41, 5.74) is -1.74. The first-order valence-corrected chi connectivity index (χ1v) is 13.1. The number of aromatic nitrogens is 1. The second-order valence-corrected chi connectivity index (χ2v) is 11.7. The van der Waals surface area contributed by atoms with Crippen LogP contribution in [0.5, 0.6) is 0 Å². The molecule has 1 aliphatic carbocycles. The maximum Gasteiger partial charge on any atom is 0.283 e. The van der Waals surface area contributed by atoms with Gasteiger partial charge < -0.3 is 10.0 Å². The molecule has 1 aromatic heterocycles. The van der Waals surface area contributed by atoms with E-state index in [2.05, 4.69) is 4.98 Å². The molecule has 2 N–H and O–H groups in total. The van der Waals surface area contributed by atoms with Crippen molar-refractivity contribution in [3.8, 4) is 11.3 Å². The summed E-state index contributed by atoms with van der Waals surface area (Å²) in [5.74, 6) is -6.04. The van der Waals surface area contributed by atoms with Gasteiger partial charge in [-0.2, -0.15) is 17.4 Å². The van der Waals surface area contributed by atoms with Crippen molar-refractivity contribution in [2.45, 2.75) is 56.2 Å². The van der Waals surface area contributed by atoms with Crippen molar-refractivity contribution in [2.24, 2.45) is 0 Å². The lowest BCUT2D eigenvalue weighted by Gasteiger charge is -2.40. The molecule has 1 saturated carbocycles. The SMILES string of the molecule is Cc1nc(-c2cccc(C[C@H]3[C@@H](NS(=O)(=O)N(C)C)C(F)(F)CN3C(=O)C3(O)CCC3)c2F)ccc1F. The average Bonchev–Trinajstić information content (AvgIpc) is 3.04. The number of carbonyl (C=O) groups excluding carboxylic acids is 1. The van der Waals surface area contributed by atoms with Gasteiger partial charge in [-0.25, -0.2) is 22.5 Å². The predicted octanol–water partition coefficient (Wildman–Crippen LogP) is 2.40. The number of amides is 1. The van der Waals surface area contributed by atoms with E-state index in [0.717, 1.165) is 25.1 Å². The van der Waals surface area contributed by atoms with Crippen LogP contribution in [0, 0.1) is 18.6 Å². The molecule has 2 atom stereocenters. The van der Waals surface area contributed by atoms with E-state index in [1.807, 2.05) is 4.72 Å². The Labute approximate surface area is 212 Å². The lowest BCUT2D eigenvalue weighted by Crippen LogP contribution is -2.58. The van der Waals surface area contributed by atoms with Crippen LogP contribution in [0.25, 0.3) is 11.3 Å². The summed E-state index contributed by atoms with van der Waals surface area (Å²) in [6, 6.07) is 3.03. The maximum absolute atomic E-state index is 15.6. The minimum atomic E-state index is -4.36. The first-order valence-electron chi connectivity index (χ1n) is 11.7. The zero-order valence-corrected chi connectivity index (χ0v) is 21.3. The van der Waals surface area contributed by atoms with Crippen LogP contribution in [0.1, 0.15) is 30.5 Å². The third kappa shape index (κ3) is 5.09. The molecule has 1 aliphatic heterocycles. The van der Waals surface area contributed by atoms with Crippen molar-refractivity contribution in [1.29, 1.82) is 0 Å². The number of nitrogens with zero attached hydrogens (tertiary/aromatic N) is 3. The summed E-state index contributed by atoms with van der Waals surface area (Å²) < 4.78 is 87.5. The first kappa shape index (κ1) is 27.4. The van der Waals surface area contributed by atoms with Crippen LogP contribution in [0.15, 0.2) is 30.3 Å². The third-order valence-corrected chi connectivity index (χ3v) is 8.54. The number of likely N-dealkylation sites (tertiary alicyclic amines) is 1. The van der Waals surface area contributed by atoms with Crippen molar-refractivity contribution in [3.05, 3.63) is 53.2 Å². The van der Waals surface area contributed by atoms with Crippen molar-refractivity contribution in [1.82, 2.24) is 18.9 Å². The largest absolute Gasteiger partial charge is 0.380 e. The molecule has 0 bridgehead atoms. The average molecular weight is 545 g/mol. The number of rotatable bonds is 7. The fourth-order valence-corrected chi connectivity index (χ4v) is 5.49. The van der Waals surface area contributed by atoms with Crippen LogP contribution >= 0.6 is 0 Å². The lowest BCUT2D eigenvalue weighted by atomic mass is 9.79. The second-order valence-electron chi connectivity index (χ2n) is 9.78. The van der Waals surface area contributed by atoms with E-state index in [9.17, 15) is 22.7 Å². The Morgan fingerprint density at radius 2 is 1.89 bits per heavy atom. The fourth-order valence-electron chi connectivity index (χ4n) is 4.63. The maximum atomic E-state index is 15.6. The lowest BCUT2D eigenvalue weighted by molar-refractivity contribution is -0.162. The van der Waals surface area contributed by atoms with Gasteiger partial charge in [0, 0.05) is 19.7 Å². The number of aryl methyl sites for hydroxylation is 1. The van der Waals surface area contributed by atoms with Crippen LogP contribution in [-0.4, -0.2) is 77.9 Å². The van der Waals surface area contributed by atoms with Gasteiger partial charge in [0.1, 0.15) is 23.3 Å². The highest BCUT2D eigenvalue weighted by Gasteiger charge is 2.60. The Morgan fingerprint density at radius 1 is 1.22 bits per heavy atom. The van der Waals surface area contributed by atoms with E-state index in [1.54, 1.807) is 0 Å². The van der Waals surface area contributed by atoms with Crippen LogP contribution in [-0.2, 0) is 21.4 Å². The first-order chi connectivity index (χ1) is 17.2. The van der Waals surface area contributed by atoms with Gasteiger partial charge in [0.2, 0.25) is 0 Å². The van der Waals surface area contributed by atoms with Gasteiger partial charge in [-0.1, -0.05) is 12.1 Å². The Kier molecular flexibility index (Phi) is 7.12. The number of halogens is 4. The number of alkyl halides is 2. The van der Waals surface area contributed by atoms with E-state index < -0.39 is 64.3 Å². The highest BCUT2D eigenvalue weighted by atomic mass is 32.2. The molecule has 0 unspecified atom stereocenters. The summed E-state index contributed by atoms with van der Waals surface area (Å²) in [6.45, 7) is 0.275. The minimum Gasteiger partial charge on any atom is -0.380 e. The summed E-state index contributed by atoms with van der Waals surface area (Å²) in [7, 11) is -2.04. The summed E-state index contributed by atoms with van der Waals surface area (Å²) >= 11 is 0. The molecule has 2 heterocycles. The van der Waals surface area contributed by atoms with Gasteiger partial charge in [0.15, 0.2) is 0 Å². The molecular weight excluding hydrogens is 516 g/mol. The van der Waals surface area contributed by atoms with Gasteiger partial charge in [-0.05, 0) is 56.4 Å². The van der Waals surface area contributed by atoms with E-state index in [1.165, 1.54) is 31.2 Å². The van der Waals surface area contributed by atoms with E-state index in [0.29, 0.717) is 10.7 Å². The zero-order valence-electron chi connectivity index (χ0n) is 20.5. The molecule has 1 saturated heterocycles. The molecule has 2 aliphatic rings. The van der Waals surface area contributed by atoms with Crippen molar-refractivity contribution in [2.75, 3.05) is 20.6 Å². The molecule has 4 rings (SSSR count). The standard InChI is InChI=1S/C24H28F4N4O4S/c1-14-17(25)8-9-18(29-14)16-7-4-6-15(20(16)26)12-19-21(30-37(35,36)31(2)3)24(27,28)13-32(19)22(33)23(34)10-5-11-23/h4,6-9,19,21,30,34H,5,10-13H2,1-3H3/t19-,21+/m0/s1. The van der Waals surface area contributed by atoms with Gasteiger partial charge in [-0.3, -0.25) is 4.79 Å². The third-order valence-electron chi connectivity index (χ3n) is 7.02. The highest BCUT2D eigenvalue weighted by molar-refractivity contribution is 7.87. The highest BCUT2D eigenvalue weighted by Crippen LogP contribution is 2.41. The van der Waals surface area contributed by atoms with Crippen LogP contribution in [0.2, 0.25) is 0 Å².